The van der Waals surface area contributed by atoms with Crippen LogP contribution in [0.25, 0.3) is 11.5 Å². The summed E-state index contributed by atoms with van der Waals surface area (Å²) in [6.45, 7) is 2.29. The number of hydrogen-bond donors (Lipinski definition) is 1. The van der Waals surface area contributed by atoms with E-state index in [0.29, 0.717) is 36.6 Å². The van der Waals surface area contributed by atoms with E-state index in [1.54, 1.807) is 24.5 Å². The Morgan fingerprint density at radius 2 is 2.16 bits per heavy atom. The molecule has 10 heteroatoms. The number of nitrogens with zero attached hydrogens (tertiary/aromatic N) is 4. The maximum Gasteiger partial charge on any atom is 0.341 e. The normalized spacial score (nSPS) is 11.6. The van der Waals surface area contributed by atoms with Gasteiger partial charge in [0.05, 0.1) is 13.7 Å². The average molecular weight is 427 g/mol. The molecule has 9 nitrogen and oxygen atoms in total. The summed E-state index contributed by atoms with van der Waals surface area (Å²) >= 11 is 0. The lowest BCUT2D eigenvalue weighted by atomic mass is 10.1. The summed E-state index contributed by atoms with van der Waals surface area (Å²) in [6.07, 6.45) is 3.52. The average Bonchev–Trinajstić information content (AvgIpc) is 3.27. The Bertz CT molecular complexity index is 1060. The van der Waals surface area contributed by atoms with Crippen LogP contribution in [0.5, 0.6) is 5.75 Å². The van der Waals surface area contributed by atoms with Crippen LogP contribution in [-0.2, 0) is 9.53 Å². The van der Waals surface area contributed by atoms with E-state index in [0.717, 1.165) is 0 Å². The summed E-state index contributed by atoms with van der Waals surface area (Å²) in [5.41, 5.74) is 0.753. The van der Waals surface area contributed by atoms with E-state index in [-0.39, 0.29) is 24.0 Å². The number of ether oxygens (including phenoxy) is 2. The molecule has 0 aliphatic carbocycles. The number of rotatable bonds is 10. The van der Waals surface area contributed by atoms with Crippen LogP contribution < -0.4 is 10.1 Å². The van der Waals surface area contributed by atoms with Crippen molar-refractivity contribution in [3.63, 3.8) is 0 Å². The van der Waals surface area contributed by atoms with Crippen molar-refractivity contribution in [2.45, 2.75) is 25.8 Å². The van der Waals surface area contributed by atoms with Gasteiger partial charge in [-0.1, -0.05) is 6.07 Å². The molecule has 0 bridgehead atoms. The van der Waals surface area contributed by atoms with Crippen molar-refractivity contribution in [3.05, 3.63) is 54.1 Å². The number of nitrogens with one attached hydrogen (secondary N) is 1. The van der Waals surface area contributed by atoms with Crippen molar-refractivity contribution in [1.29, 1.82) is 0 Å². The number of pyridine rings is 1. The van der Waals surface area contributed by atoms with E-state index in [4.69, 9.17) is 9.47 Å². The minimum atomic E-state index is -0.587. The summed E-state index contributed by atoms with van der Waals surface area (Å²) < 4.78 is 25.8. The van der Waals surface area contributed by atoms with Crippen LogP contribution in [0, 0.1) is 5.82 Å². The van der Waals surface area contributed by atoms with Crippen LogP contribution in [0.1, 0.15) is 36.2 Å². The largest absolute Gasteiger partial charge is 0.493 e. The number of carbonyl (C=O) groups is 2. The van der Waals surface area contributed by atoms with E-state index in [9.17, 15) is 14.0 Å². The van der Waals surface area contributed by atoms with Gasteiger partial charge in [0.25, 0.3) is 0 Å². The molecule has 0 unspecified atom stereocenters. The van der Waals surface area contributed by atoms with Crippen LogP contribution in [0.15, 0.2) is 42.7 Å². The molecular weight excluding hydrogens is 405 g/mol. The molecule has 0 aliphatic heterocycles. The highest BCUT2D eigenvalue weighted by atomic mass is 19.1. The first-order chi connectivity index (χ1) is 15.0. The maximum atomic E-state index is 13.5. The molecular formula is C21H22FN5O4. The minimum Gasteiger partial charge on any atom is -0.493 e. The number of anilines is 1. The lowest BCUT2D eigenvalue weighted by molar-refractivity contribution is -0.105. The Balaban J connectivity index is 1.62. The van der Waals surface area contributed by atoms with E-state index in [1.807, 2.05) is 11.5 Å². The Kier molecular flexibility index (Phi) is 7.26. The lowest BCUT2D eigenvalue weighted by Crippen LogP contribution is -2.10. The molecule has 1 aromatic carbocycles. The summed E-state index contributed by atoms with van der Waals surface area (Å²) in [7, 11) is 1.26. The topological polar surface area (TPSA) is 108 Å². The second-order valence-corrected chi connectivity index (χ2v) is 6.70. The van der Waals surface area contributed by atoms with Gasteiger partial charge in [0, 0.05) is 12.1 Å². The second kappa shape index (κ2) is 10.3. The number of benzene rings is 1. The Labute approximate surface area is 178 Å². The Morgan fingerprint density at radius 3 is 2.94 bits per heavy atom. The molecule has 31 heavy (non-hydrogen) atoms. The highest BCUT2D eigenvalue weighted by molar-refractivity contribution is 5.92. The van der Waals surface area contributed by atoms with Gasteiger partial charge in [0.1, 0.15) is 35.0 Å². The monoisotopic (exact) mass is 427 g/mol. The zero-order chi connectivity index (χ0) is 22.2. The number of esters is 1. The molecule has 0 saturated heterocycles. The molecule has 3 aromatic rings. The van der Waals surface area contributed by atoms with Gasteiger partial charge < -0.3 is 19.4 Å². The van der Waals surface area contributed by atoms with Crippen LogP contribution in [0.4, 0.5) is 10.2 Å². The van der Waals surface area contributed by atoms with Gasteiger partial charge in [0.2, 0.25) is 6.41 Å². The number of methoxy groups -OCH3 is 1. The fourth-order valence-electron chi connectivity index (χ4n) is 3.04. The molecule has 2 heterocycles. The zero-order valence-electron chi connectivity index (χ0n) is 17.1. The van der Waals surface area contributed by atoms with Crippen LogP contribution >= 0.6 is 0 Å². The van der Waals surface area contributed by atoms with Gasteiger partial charge in [-0.25, -0.2) is 14.2 Å². The quantitative estimate of drug-likeness (QED) is 0.301. The van der Waals surface area contributed by atoms with Gasteiger partial charge in [-0.3, -0.25) is 4.79 Å². The standard InChI is InChI=1S/C21H22FN5O4/c1-14(5-4-10-31-18-11-15(22)8-9-16(18)21(29)30-2)27-12-24-26-20(27)17-6-3-7-19(25-17)23-13-28/h3,6-9,11-14H,4-5,10H2,1-2H3,(H,23,25,28)/t14-/m1/s1. The molecule has 162 valence electrons. The predicted octanol–water partition coefficient (Wildman–Crippen LogP) is 3.25. The van der Waals surface area contributed by atoms with E-state index in [2.05, 4.69) is 20.5 Å². The first-order valence-corrected chi connectivity index (χ1v) is 9.61. The number of halogens is 1. The highest BCUT2D eigenvalue weighted by Crippen LogP contribution is 2.24. The van der Waals surface area contributed by atoms with Crippen molar-refractivity contribution in [2.24, 2.45) is 0 Å². The first-order valence-electron chi connectivity index (χ1n) is 9.61. The van der Waals surface area contributed by atoms with Crippen LogP contribution in [0.3, 0.4) is 0 Å². The van der Waals surface area contributed by atoms with Gasteiger partial charge in [-0.2, -0.15) is 0 Å². The molecule has 0 radical (unpaired) electrons. The molecule has 1 amide bonds. The lowest BCUT2D eigenvalue weighted by Gasteiger charge is -2.16. The molecule has 1 atom stereocenters. The number of amides is 1. The zero-order valence-corrected chi connectivity index (χ0v) is 17.1. The third kappa shape index (κ3) is 5.41. The van der Waals surface area contributed by atoms with Crippen LogP contribution in [-0.4, -0.2) is 45.8 Å². The van der Waals surface area contributed by atoms with Gasteiger partial charge in [-0.05, 0) is 44.0 Å². The third-order valence-electron chi connectivity index (χ3n) is 4.61. The second-order valence-electron chi connectivity index (χ2n) is 6.70. The smallest absolute Gasteiger partial charge is 0.341 e. The van der Waals surface area contributed by atoms with Crippen molar-refractivity contribution >= 4 is 18.2 Å². The van der Waals surface area contributed by atoms with Gasteiger partial charge >= 0.3 is 5.97 Å². The van der Waals surface area contributed by atoms with E-state index >= 15 is 0 Å². The van der Waals surface area contributed by atoms with Gasteiger partial charge in [-0.15, -0.1) is 10.2 Å². The minimum absolute atomic E-state index is 0.0191. The highest BCUT2D eigenvalue weighted by Gasteiger charge is 2.16. The van der Waals surface area contributed by atoms with Crippen molar-refractivity contribution in [3.8, 4) is 17.3 Å². The van der Waals surface area contributed by atoms with E-state index in [1.165, 1.54) is 25.3 Å². The third-order valence-corrected chi connectivity index (χ3v) is 4.61. The summed E-state index contributed by atoms with van der Waals surface area (Å²) in [4.78, 5) is 26.8. The fourth-order valence-corrected chi connectivity index (χ4v) is 3.04. The first kappa shape index (κ1) is 21.9. The SMILES string of the molecule is COC(=O)c1ccc(F)cc1OCCC[C@@H](C)n1cnnc1-c1cccc(NC=O)n1. The van der Waals surface area contributed by atoms with Gasteiger partial charge in [0.15, 0.2) is 5.82 Å². The summed E-state index contributed by atoms with van der Waals surface area (Å²) in [5, 5.41) is 10.6. The van der Waals surface area contributed by atoms with Crippen molar-refractivity contribution < 1.29 is 23.5 Å². The summed E-state index contributed by atoms with van der Waals surface area (Å²) in [6, 6.07) is 8.93. The molecule has 3 rings (SSSR count). The van der Waals surface area contributed by atoms with Crippen LogP contribution in [0.2, 0.25) is 0 Å². The fraction of sp³-hybridized carbons (Fsp3) is 0.286. The van der Waals surface area contributed by atoms with Crippen molar-refractivity contribution in [2.75, 3.05) is 19.0 Å². The molecule has 0 fully saturated rings. The summed E-state index contributed by atoms with van der Waals surface area (Å²) in [5.74, 6) is 0.0501. The Hall–Kier alpha value is -3.82. The molecule has 0 spiro atoms. The maximum absolute atomic E-state index is 13.5. The molecule has 0 saturated carbocycles. The predicted molar refractivity (Wildman–Crippen MR) is 110 cm³/mol. The number of hydrogen-bond acceptors (Lipinski definition) is 7. The number of carbonyl (C=O) groups excluding carboxylic acids is 2. The molecule has 0 aliphatic rings. The Morgan fingerprint density at radius 1 is 1.32 bits per heavy atom. The van der Waals surface area contributed by atoms with E-state index < -0.39 is 11.8 Å². The molecule has 1 N–H and O–H groups in total. The molecule has 2 aromatic heterocycles. The number of aromatic nitrogens is 4. The van der Waals surface area contributed by atoms with Crippen molar-refractivity contribution in [1.82, 2.24) is 19.7 Å².